The highest BCUT2D eigenvalue weighted by Gasteiger charge is 2.18. The van der Waals surface area contributed by atoms with Crippen LogP contribution in [0.5, 0.6) is 0 Å². The molecule has 4 aromatic heterocycles. The highest BCUT2D eigenvalue weighted by molar-refractivity contribution is 7.09. The molecule has 0 fully saturated rings. The van der Waals surface area contributed by atoms with Gasteiger partial charge in [0.15, 0.2) is 5.65 Å². The fourth-order valence-corrected chi connectivity index (χ4v) is 4.33. The molecule has 0 saturated heterocycles. The Balaban J connectivity index is 1.52. The van der Waals surface area contributed by atoms with Crippen LogP contribution in [0.4, 0.5) is 0 Å². The molecule has 4 rings (SSSR count). The Hall–Kier alpha value is -2.93. The maximum Gasteiger partial charge on any atom is 0.223 e. The Kier molecular flexibility index (Phi) is 5.49. The van der Waals surface area contributed by atoms with E-state index in [1.54, 1.807) is 17.6 Å². The van der Waals surface area contributed by atoms with Gasteiger partial charge < -0.3 is 9.32 Å². The van der Waals surface area contributed by atoms with Gasteiger partial charge in [0.25, 0.3) is 0 Å². The lowest BCUT2D eigenvalue weighted by molar-refractivity contribution is -0.132. The van der Waals surface area contributed by atoms with E-state index < -0.39 is 0 Å². The van der Waals surface area contributed by atoms with Crippen molar-refractivity contribution in [3.05, 3.63) is 75.3 Å². The summed E-state index contributed by atoms with van der Waals surface area (Å²) in [5.41, 5.74) is 4.88. The van der Waals surface area contributed by atoms with E-state index in [9.17, 15) is 4.79 Å². The van der Waals surface area contributed by atoms with Crippen molar-refractivity contribution in [1.82, 2.24) is 19.5 Å². The van der Waals surface area contributed by atoms with Crippen LogP contribution < -0.4 is 0 Å². The molecule has 1 amide bonds. The van der Waals surface area contributed by atoms with Gasteiger partial charge in [-0.05, 0) is 56.3 Å². The molecule has 0 spiro atoms. The summed E-state index contributed by atoms with van der Waals surface area (Å²) < 4.78 is 7.34. The number of aryl methyl sites for hydroxylation is 3. The molecule has 4 heterocycles. The van der Waals surface area contributed by atoms with Crippen molar-refractivity contribution < 1.29 is 9.21 Å². The summed E-state index contributed by atoms with van der Waals surface area (Å²) in [5, 5.41) is 6.56. The van der Waals surface area contributed by atoms with Crippen LogP contribution in [0.3, 0.4) is 0 Å². The van der Waals surface area contributed by atoms with E-state index in [4.69, 9.17) is 4.42 Å². The van der Waals surface area contributed by atoms with Crippen molar-refractivity contribution >= 4 is 22.9 Å². The predicted octanol–water partition coefficient (Wildman–Crippen LogP) is 4.47. The average molecular weight is 409 g/mol. The molecular formula is C22H24N4O2S. The van der Waals surface area contributed by atoms with Crippen LogP contribution in [0.25, 0.3) is 5.65 Å². The minimum absolute atomic E-state index is 0.102. The molecule has 0 saturated carbocycles. The summed E-state index contributed by atoms with van der Waals surface area (Å²) in [6, 6.07) is 9.79. The van der Waals surface area contributed by atoms with Crippen molar-refractivity contribution in [2.24, 2.45) is 0 Å². The third-order valence-electron chi connectivity index (χ3n) is 5.08. The predicted molar refractivity (Wildman–Crippen MR) is 113 cm³/mol. The lowest BCUT2D eigenvalue weighted by Gasteiger charge is -2.21. The molecule has 0 bridgehead atoms. The van der Waals surface area contributed by atoms with Gasteiger partial charge in [-0.2, -0.15) is 5.10 Å². The fourth-order valence-electron chi connectivity index (χ4n) is 3.61. The molecule has 0 atom stereocenters. The van der Waals surface area contributed by atoms with Gasteiger partial charge in [-0.25, -0.2) is 9.50 Å². The van der Waals surface area contributed by atoms with E-state index in [0.717, 1.165) is 38.9 Å². The number of hydrogen-bond acceptors (Lipinski definition) is 5. The molecule has 4 aromatic rings. The summed E-state index contributed by atoms with van der Waals surface area (Å²) in [6.45, 7) is 7.06. The third kappa shape index (κ3) is 4.24. The van der Waals surface area contributed by atoms with Crippen LogP contribution in [-0.2, 0) is 24.3 Å². The Morgan fingerprint density at radius 3 is 2.79 bits per heavy atom. The molecule has 0 radical (unpaired) electrons. The summed E-state index contributed by atoms with van der Waals surface area (Å²) >= 11 is 1.66. The first-order valence-corrected chi connectivity index (χ1v) is 10.5. The number of aromatic nitrogens is 3. The Bertz CT molecular complexity index is 1080. The van der Waals surface area contributed by atoms with Crippen molar-refractivity contribution in [3.63, 3.8) is 0 Å². The van der Waals surface area contributed by atoms with E-state index >= 15 is 0 Å². The van der Waals surface area contributed by atoms with Crippen LogP contribution in [0.1, 0.15) is 39.7 Å². The zero-order chi connectivity index (χ0) is 20.4. The Labute approximate surface area is 173 Å². The van der Waals surface area contributed by atoms with Gasteiger partial charge in [0.05, 0.1) is 25.0 Å². The topological polar surface area (TPSA) is 63.6 Å². The Morgan fingerprint density at radius 1 is 1.21 bits per heavy atom. The zero-order valence-corrected chi connectivity index (χ0v) is 17.7. The largest absolute Gasteiger partial charge is 0.467 e. The molecule has 0 unspecified atom stereocenters. The normalized spacial score (nSPS) is 11.3. The molecule has 29 heavy (non-hydrogen) atoms. The lowest BCUT2D eigenvalue weighted by atomic mass is 10.1. The zero-order valence-electron chi connectivity index (χ0n) is 16.9. The minimum atomic E-state index is 0.102. The Morgan fingerprint density at radius 2 is 2.07 bits per heavy atom. The SMILES string of the molecule is Cc1cc2nc(C)c(CCC(=O)N(Cc3ccco3)Cc3cccs3)c(C)n2n1. The highest BCUT2D eigenvalue weighted by atomic mass is 32.1. The summed E-state index contributed by atoms with van der Waals surface area (Å²) in [5.74, 6) is 0.891. The molecule has 0 aliphatic heterocycles. The van der Waals surface area contributed by atoms with Crippen molar-refractivity contribution in [2.75, 3.05) is 0 Å². The minimum Gasteiger partial charge on any atom is -0.467 e. The van der Waals surface area contributed by atoms with Gasteiger partial charge in [0, 0.05) is 28.8 Å². The van der Waals surface area contributed by atoms with Crippen LogP contribution in [0.2, 0.25) is 0 Å². The second-order valence-corrected chi connectivity index (χ2v) is 8.26. The third-order valence-corrected chi connectivity index (χ3v) is 5.94. The quantitative estimate of drug-likeness (QED) is 0.453. The average Bonchev–Trinajstić information content (AvgIpc) is 3.43. The van der Waals surface area contributed by atoms with Crippen LogP contribution >= 0.6 is 11.3 Å². The molecule has 6 nitrogen and oxygen atoms in total. The first-order valence-electron chi connectivity index (χ1n) is 9.66. The van der Waals surface area contributed by atoms with E-state index in [2.05, 4.69) is 16.1 Å². The van der Waals surface area contributed by atoms with E-state index in [-0.39, 0.29) is 5.91 Å². The van der Waals surface area contributed by atoms with Gasteiger partial charge in [-0.3, -0.25) is 4.79 Å². The first-order chi connectivity index (χ1) is 14.0. The maximum atomic E-state index is 13.1. The molecule has 7 heteroatoms. The van der Waals surface area contributed by atoms with Crippen molar-refractivity contribution in [3.8, 4) is 0 Å². The molecular weight excluding hydrogens is 384 g/mol. The van der Waals surface area contributed by atoms with Gasteiger partial charge in [0.2, 0.25) is 5.91 Å². The highest BCUT2D eigenvalue weighted by Crippen LogP contribution is 2.20. The van der Waals surface area contributed by atoms with Crippen LogP contribution in [0, 0.1) is 20.8 Å². The van der Waals surface area contributed by atoms with Crippen LogP contribution in [0.15, 0.2) is 46.4 Å². The van der Waals surface area contributed by atoms with Gasteiger partial charge in [-0.1, -0.05) is 6.07 Å². The first kappa shape index (κ1) is 19.4. The monoisotopic (exact) mass is 408 g/mol. The number of carbonyl (C=O) groups is 1. The van der Waals surface area contributed by atoms with E-state index in [0.29, 0.717) is 25.9 Å². The van der Waals surface area contributed by atoms with Crippen LogP contribution in [-0.4, -0.2) is 25.4 Å². The summed E-state index contributed by atoms with van der Waals surface area (Å²) in [7, 11) is 0. The summed E-state index contributed by atoms with van der Waals surface area (Å²) in [4.78, 5) is 20.8. The van der Waals surface area contributed by atoms with E-state index in [1.165, 1.54) is 0 Å². The summed E-state index contributed by atoms with van der Waals surface area (Å²) in [6.07, 6.45) is 2.70. The molecule has 0 aliphatic carbocycles. The second kappa shape index (κ2) is 8.21. The molecule has 0 aliphatic rings. The van der Waals surface area contributed by atoms with Gasteiger partial charge in [-0.15, -0.1) is 11.3 Å². The van der Waals surface area contributed by atoms with E-state index in [1.807, 2.05) is 59.8 Å². The number of thiophene rings is 1. The number of fused-ring (bicyclic) bond motifs is 1. The van der Waals surface area contributed by atoms with Crippen molar-refractivity contribution in [2.45, 2.75) is 46.7 Å². The standard InChI is InChI=1S/C22H24N4O2S/c1-15-12-21-23-16(2)20(17(3)26(21)24-15)8-9-22(27)25(13-18-6-4-10-28-18)14-19-7-5-11-29-19/h4-7,10-12H,8-9,13-14H2,1-3H3. The molecule has 0 N–H and O–H groups in total. The smallest absolute Gasteiger partial charge is 0.223 e. The maximum absolute atomic E-state index is 13.1. The lowest BCUT2D eigenvalue weighted by Crippen LogP contribution is -2.30. The molecule has 150 valence electrons. The number of hydrogen-bond donors (Lipinski definition) is 0. The molecule has 0 aromatic carbocycles. The number of nitrogens with zero attached hydrogens (tertiary/aromatic N) is 4. The van der Waals surface area contributed by atoms with Crippen molar-refractivity contribution in [1.29, 1.82) is 0 Å². The second-order valence-electron chi connectivity index (χ2n) is 7.23. The van der Waals surface area contributed by atoms with Gasteiger partial charge in [0.1, 0.15) is 5.76 Å². The number of carbonyl (C=O) groups excluding carboxylic acids is 1. The number of rotatable bonds is 7. The number of amides is 1. The number of furan rings is 1. The van der Waals surface area contributed by atoms with Gasteiger partial charge >= 0.3 is 0 Å². The fraction of sp³-hybridized carbons (Fsp3) is 0.318.